The number of halogens is 4. The third-order valence-electron chi connectivity index (χ3n) is 3.54. The molecule has 1 aromatic carbocycles. The fourth-order valence-corrected chi connectivity index (χ4v) is 3.13. The average Bonchev–Trinajstić information content (AvgIpc) is 3.10. The number of nitrogen functional groups attached to an aromatic ring is 1. The van der Waals surface area contributed by atoms with Crippen LogP contribution in [0.25, 0.3) is 10.1 Å². The van der Waals surface area contributed by atoms with Crippen LogP contribution in [0.5, 0.6) is 0 Å². The molecule has 8 heteroatoms. The van der Waals surface area contributed by atoms with Crippen molar-refractivity contribution in [2.24, 2.45) is 0 Å². The number of rotatable bonds is 2. The summed E-state index contributed by atoms with van der Waals surface area (Å²) in [6.07, 6.45) is -4.76. The molecule has 1 saturated carbocycles. The van der Waals surface area contributed by atoms with Crippen molar-refractivity contribution in [3.8, 4) is 0 Å². The number of thiophene rings is 1. The molecule has 0 bridgehead atoms. The predicted molar refractivity (Wildman–Crippen MR) is 71.7 cm³/mol. The van der Waals surface area contributed by atoms with Gasteiger partial charge in [0.25, 0.3) is 5.91 Å². The Morgan fingerprint density at radius 2 is 2.00 bits per heavy atom. The summed E-state index contributed by atoms with van der Waals surface area (Å²) in [5.74, 6) is -1.39. The monoisotopic (exact) mass is 318 g/mol. The first-order valence-corrected chi connectivity index (χ1v) is 6.92. The van der Waals surface area contributed by atoms with Crippen molar-refractivity contribution in [3.63, 3.8) is 0 Å². The molecule has 0 atom stereocenters. The molecule has 1 aliphatic rings. The Hall–Kier alpha value is -1.83. The summed E-state index contributed by atoms with van der Waals surface area (Å²) < 4.78 is 52.2. The molecule has 112 valence electrons. The van der Waals surface area contributed by atoms with Gasteiger partial charge < -0.3 is 11.1 Å². The first kappa shape index (κ1) is 14.1. The molecule has 21 heavy (non-hydrogen) atoms. The van der Waals surface area contributed by atoms with Gasteiger partial charge in [-0.3, -0.25) is 4.79 Å². The Kier molecular flexibility index (Phi) is 2.91. The molecule has 3 N–H and O–H groups in total. The van der Waals surface area contributed by atoms with Crippen molar-refractivity contribution in [2.45, 2.75) is 24.6 Å². The summed E-state index contributed by atoms with van der Waals surface area (Å²) in [6.45, 7) is 0. The molecular formula is C13H10F4N2OS. The van der Waals surface area contributed by atoms with Crippen LogP contribution in [0.15, 0.2) is 18.2 Å². The van der Waals surface area contributed by atoms with Gasteiger partial charge in [-0.05, 0) is 31.0 Å². The van der Waals surface area contributed by atoms with Crippen molar-refractivity contribution in [1.82, 2.24) is 5.32 Å². The van der Waals surface area contributed by atoms with E-state index in [4.69, 9.17) is 5.73 Å². The molecule has 3 rings (SSSR count). The zero-order valence-corrected chi connectivity index (χ0v) is 11.4. The van der Waals surface area contributed by atoms with Gasteiger partial charge in [-0.1, -0.05) is 0 Å². The number of carbonyl (C=O) groups is 1. The molecule has 0 spiro atoms. The summed E-state index contributed by atoms with van der Waals surface area (Å²) in [4.78, 5) is 12.0. The highest BCUT2D eigenvalue weighted by molar-refractivity contribution is 7.21. The van der Waals surface area contributed by atoms with Crippen LogP contribution in [0.1, 0.15) is 22.5 Å². The Bertz CT molecular complexity index is 734. The third kappa shape index (κ3) is 2.23. The smallest absolute Gasteiger partial charge is 0.397 e. The van der Waals surface area contributed by atoms with Crippen LogP contribution < -0.4 is 11.1 Å². The number of hydrogen-bond donors (Lipinski definition) is 2. The molecule has 1 heterocycles. The van der Waals surface area contributed by atoms with E-state index in [1.54, 1.807) is 0 Å². The van der Waals surface area contributed by atoms with Crippen LogP contribution >= 0.6 is 11.3 Å². The lowest BCUT2D eigenvalue weighted by atomic mass is 10.2. The van der Waals surface area contributed by atoms with Gasteiger partial charge in [0.05, 0.1) is 5.69 Å². The fourth-order valence-electron chi connectivity index (χ4n) is 2.14. The molecular weight excluding hydrogens is 308 g/mol. The number of nitrogens with one attached hydrogen (secondary N) is 1. The maximum Gasteiger partial charge on any atom is 0.411 e. The van der Waals surface area contributed by atoms with E-state index in [1.807, 2.05) is 5.32 Å². The molecule has 1 fully saturated rings. The molecule has 0 saturated heterocycles. The summed E-state index contributed by atoms with van der Waals surface area (Å²) in [7, 11) is 0. The highest BCUT2D eigenvalue weighted by Gasteiger charge is 2.64. The van der Waals surface area contributed by atoms with Gasteiger partial charge in [0, 0.05) is 10.1 Å². The van der Waals surface area contributed by atoms with E-state index in [2.05, 4.69) is 0 Å². The van der Waals surface area contributed by atoms with E-state index in [-0.39, 0.29) is 23.4 Å². The highest BCUT2D eigenvalue weighted by Crippen LogP contribution is 2.49. The maximum atomic E-state index is 13.2. The van der Waals surface area contributed by atoms with E-state index in [9.17, 15) is 22.4 Å². The van der Waals surface area contributed by atoms with E-state index in [0.29, 0.717) is 10.1 Å². The van der Waals surface area contributed by atoms with Crippen molar-refractivity contribution < 1.29 is 22.4 Å². The third-order valence-corrected chi connectivity index (χ3v) is 4.73. The summed E-state index contributed by atoms with van der Waals surface area (Å²) in [6, 6.07) is 3.81. The minimum Gasteiger partial charge on any atom is -0.397 e. The minimum atomic E-state index is -4.49. The van der Waals surface area contributed by atoms with Crippen molar-refractivity contribution in [1.29, 1.82) is 0 Å². The molecule has 2 aromatic rings. The van der Waals surface area contributed by atoms with Gasteiger partial charge in [0.15, 0.2) is 0 Å². The normalized spacial score (nSPS) is 17.0. The predicted octanol–water partition coefficient (Wildman–Crippen LogP) is 3.45. The summed E-state index contributed by atoms with van der Waals surface area (Å²) >= 11 is 0.949. The molecule has 0 aliphatic heterocycles. The summed E-state index contributed by atoms with van der Waals surface area (Å²) in [5.41, 5.74) is 3.62. The Morgan fingerprint density at radius 1 is 1.33 bits per heavy atom. The van der Waals surface area contributed by atoms with Gasteiger partial charge >= 0.3 is 6.18 Å². The quantitative estimate of drug-likeness (QED) is 0.833. The molecule has 0 radical (unpaired) electrons. The van der Waals surface area contributed by atoms with Crippen LogP contribution in [0.3, 0.4) is 0 Å². The second-order valence-corrected chi connectivity index (χ2v) is 6.07. The van der Waals surface area contributed by atoms with Gasteiger partial charge in [0.2, 0.25) is 0 Å². The van der Waals surface area contributed by atoms with E-state index >= 15 is 0 Å². The van der Waals surface area contributed by atoms with Crippen molar-refractivity contribution in [3.05, 3.63) is 28.9 Å². The standard InChI is InChI=1S/C13H10F4N2OS/c14-6-1-2-8-7(5-6)9(18)10(21-8)11(20)19-12(3-4-12)13(15,16)17/h1-2,5H,3-4,18H2,(H,19,20). The van der Waals surface area contributed by atoms with Crippen LogP contribution in [-0.4, -0.2) is 17.6 Å². The number of alkyl halides is 3. The molecule has 1 aromatic heterocycles. The average molecular weight is 318 g/mol. The van der Waals surface area contributed by atoms with Gasteiger partial charge in [-0.2, -0.15) is 13.2 Å². The van der Waals surface area contributed by atoms with Crippen LogP contribution in [-0.2, 0) is 0 Å². The van der Waals surface area contributed by atoms with Gasteiger partial charge in [-0.15, -0.1) is 11.3 Å². The molecule has 1 aliphatic carbocycles. The van der Waals surface area contributed by atoms with Gasteiger partial charge in [-0.25, -0.2) is 4.39 Å². The number of fused-ring (bicyclic) bond motifs is 1. The number of hydrogen-bond acceptors (Lipinski definition) is 3. The lowest BCUT2D eigenvalue weighted by Gasteiger charge is -2.20. The Balaban J connectivity index is 1.94. The topological polar surface area (TPSA) is 55.1 Å². The largest absolute Gasteiger partial charge is 0.411 e. The first-order valence-electron chi connectivity index (χ1n) is 6.10. The number of amides is 1. The van der Waals surface area contributed by atoms with Crippen molar-refractivity contribution in [2.75, 3.05) is 5.73 Å². The number of anilines is 1. The Morgan fingerprint density at radius 3 is 2.57 bits per heavy atom. The van der Waals surface area contributed by atoms with Crippen LogP contribution in [0.4, 0.5) is 23.2 Å². The second-order valence-electron chi connectivity index (χ2n) is 5.02. The van der Waals surface area contributed by atoms with E-state index in [1.165, 1.54) is 12.1 Å². The SMILES string of the molecule is Nc1c(C(=O)NC2(C(F)(F)F)CC2)sc2ccc(F)cc12. The minimum absolute atomic E-state index is 0.00461. The lowest BCUT2D eigenvalue weighted by Crippen LogP contribution is -2.47. The van der Waals surface area contributed by atoms with E-state index < -0.39 is 23.4 Å². The molecule has 1 amide bonds. The highest BCUT2D eigenvalue weighted by atomic mass is 32.1. The second kappa shape index (κ2) is 4.33. The van der Waals surface area contributed by atoms with Gasteiger partial charge in [0.1, 0.15) is 16.2 Å². The molecule has 0 unspecified atom stereocenters. The van der Waals surface area contributed by atoms with Crippen LogP contribution in [0.2, 0.25) is 0 Å². The van der Waals surface area contributed by atoms with E-state index in [0.717, 1.165) is 17.4 Å². The zero-order chi connectivity index (χ0) is 15.4. The summed E-state index contributed by atoms with van der Waals surface area (Å²) in [5, 5.41) is 2.35. The Labute approximate surface area is 120 Å². The lowest BCUT2D eigenvalue weighted by molar-refractivity contribution is -0.163. The maximum absolute atomic E-state index is 13.2. The number of nitrogens with two attached hydrogens (primary N) is 1. The fraction of sp³-hybridized carbons (Fsp3) is 0.308. The number of benzene rings is 1. The molecule has 3 nitrogen and oxygen atoms in total. The van der Waals surface area contributed by atoms with Crippen molar-refractivity contribution >= 4 is 33.0 Å². The van der Waals surface area contributed by atoms with Crippen LogP contribution in [0, 0.1) is 5.82 Å². The number of carbonyl (C=O) groups excluding carboxylic acids is 1. The zero-order valence-electron chi connectivity index (χ0n) is 10.6. The first-order chi connectivity index (χ1) is 9.73.